The predicted octanol–water partition coefficient (Wildman–Crippen LogP) is 0.708. The molecule has 0 fully saturated rings. The third-order valence-electron chi connectivity index (χ3n) is 2.36. The Hall–Kier alpha value is -1.34. The van der Waals surface area contributed by atoms with Crippen LogP contribution in [0, 0.1) is 5.92 Å². The molecule has 1 aromatic carbocycles. The van der Waals surface area contributed by atoms with Crippen LogP contribution in [0.2, 0.25) is 0 Å². The Bertz CT molecular complexity index is 413. The van der Waals surface area contributed by atoms with Crippen LogP contribution in [0.15, 0.2) is 35.2 Å². The first-order valence-corrected chi connectivity index (χ1v) is 6.40. The van der Waals surface area contributed by atoms with Crippen LogP contribution < -0.4 is 10.5 Å². The SMILES string of the molecule is NC(C(=O)NS(=O)c1ccccc1)C(CF)CF. The highest BCUT2D eigenvalue weighted by atomic mass is 32.2. The van der Waals surface area contributed by atoms with Crippen LogP contribution in [-0.2, 0) is 15.8 Å². The highest BCUT2D eigenvalue weighted by Gasteiger charge is 2.26. The number of rotatable bonds is 6. The highest BCUT2D eigenvalue weighted by molar-refractivity contribution is 7.83. The van der Waals surface area contributed by atoms with Gasteiger partial charge in [0.05, 0.1) is 24.3 Å². The summed E-state index contributed by atoms with van der Waals surface area (Å²) in [5, 5.41) is 0. The van der Waals surface area contributed by atoms with Crippen molar-refractivity contribution >= 4 is 16.9 Å². The summed E-state index contributed by atoms with van der Waals surface area (Å²) in [5.41, 5.74) is 5.38. The van der Waals surface area contributed by atoms with Gasteiger partial charge in [0.25, 0.3) is 0 Å². The Kier molecular flexibility index (Phi) is 5.87. The molecule has 4 nitrogen and oxygen atoms in total. The van der Waals surface area contributed by atoms with Gasteiger partial charge < -0.3 is 5.73 Å². The van der Waals surface area contributed by atoms with Crippen LogP contribution in [0.3, 0.4) is 0 Å². The fourth-order valence-corrected chi connectivity index (χ4v) is 2.05. The maximum absolute atomic E-state index is 12.4. The molecule has 1 aromatic rings. The van der Waals surface area contributed by atoms with Crippen molar-refractivity contribution < 1.29 is 17.8 Å². The minimum atomic E-state index is -1.78. The molecule has 0 saturated carbocycles. The number of nitrogens with two attached hydrogens (primary N) is 1. The molecular formula is C11H14F2N2O2S. The van der Waals surface area contributed by atoms with E-state index in [2.05, 4.69) is 4.72 Å². The molecule has 0 aromatic heterocycles. The van der Waals surface area contributed by atoms with Crippen molar-refractivity contribution in [3.63, 3.8) is 0 Å². The predicted molar refractivity (Wildman–Crippen MR) is 64.4 cm³/mol. The average Bonchev–Trinajstić information content (AvgIpc) is 2.40. The Morgan fingerprint density at radius 1 is 1.28 bits per heavy atom. The molecule has 2 unspecified atom stereocenters. The smallest absolute Gasteiger partial charge is 0.249 e. The molecule has 100 valence electrons. The lowest BCUT2D eigenvalue weighted by atomic mass is 10.0. The number of alkyl halides is 2. The molecule has 0 saturated heterocycles. The normalized spacial score (nSPS) is 14.2. The van der Waals surface area contributed by atoms with Gasteiger partial charge in [0.1, 0.15) is 0 Å². The van der Waals surface area contributed by atoms with Crippen molar-refractivity contribution in [2.75, 3.05) is 13.3 Å². The number of amides is 1. The van der Waals surface area contributed by atoms with Crippen molar-refractivity contribution in [3.05, 3.63) is 30.3 Å². The van der Waals surface area contributed by atoms with Crippen molar-refractivity contribution in [1.82, 2.24) is 4.72 Å². The molecule has 2 atom stereocenters. The summed E-state index contributed by atoms with van der Waals surface area (Å²) in [6, 6.07) is 6.81. The number of halogens is 2. The summed E-state index contributed by atoms with van der Waals surface area (Å²) in [7, 11) is -1.78. The third-order valence-corrected chi connectivity index (χ3v) is 3.44. The van der Waals surface area contributed by atoms with Gasteiger partial charge in [-0.1, -0.05) is 18.2 Å². The molecule has 0 aliphatic rings. The van der Waals surface area contributed by atoms with E-state index < -0.39 is 42.2 Å². The van der Waals surface area contributed by atoms with Gasteiger partial charge in [-0.15, -0.1) is 0 Å². The summed E-state index contributed by atoms with van der Waals surface area (Å²) >= 11 is 0. The zero-order valence-corrected chi connectivity index (χ0v) is 10.3. The van der Waals surface area contributed by atoms with E-state index in [0.717, 1.165) is 0 Å². The van der Waals surface area contributed by atoms with Gasteiger partial charge in [0.2, 0.25) is 5.91 Å². The fourth-order valence-electron chi connectivity index (χ4n) is 1.21. The quantitative estimate of drug-likeness (QED) is 0.803. The van der Waals surface area contributed by atoms with Gasteiger partial charge >= 0.3 is 0 Å². The third kappa shape index (κ3) is 3.85. The molecule has 7 heteroatoms. The first-order chi connectivity index (χ1) is 8.60. The second-order valence-corrected chi connectivity index (χ2v) is 4.86. The van der Waals surface area contributed by atoms with Crippen LogP contribution in [0.25, 0.3) is 0 Å². The lowest BCUT2D eigenvalue weighted by molar-refractivity contribution is -0.122. The minimum Gasteiger partial charge on any atom is -0.319 e. The van der Waals surface area contributed by atoms with Gasteiger partial charge in [0.15, 0.2) is 11.0 Å². The molecule has 0 bridgehead atoms. The topological polar surface area (TPSA) is 72.2 Å². The largest absolute Gasteiger partial charge is 0.319 e. The Morgan fingerprint density at radius 2 is 1.83 bits per heavy atom. The Morgan fingerprint density at radius 3 is 2.33 bits per heavy atom. The first kappa shape index (κ1) is 14.7. The lowest BCUT2D eigenvalue weighted by Crippen LogP contribution is -2.47. The zero-order chi connectivity index (χ0) is 13.5. The van der Waals surface area contributed by atoms with Crippen LogP contribution in [-0.4, -0.2) is 29.5 Å². The zero-order valence-electron chi connectivity index (χ0n) is 9.51. The second kappa shape index (κ2) is 7.17. The minimum absolute atomic E-state index is 0.384. The highest BCUT2D eigenvalue weighted by Crippen LogP contribution is 2.07. The van der Waals surface area contributed by atoms with E-state index in [4.69, 9.17) is 5.73 Å². The van der Waals surface area contributed by atoms with Gasteiger partial charge in [-0.05, 0) is 12.1 Å². The van der Waals surface area contributed by atoms with Gasteiger partial charge in [-0.3, -0.25) is 18.3 Å². The van der Waals surface area contributed by atoms with E-state index in [1.165, 1.54) is 0 Å². The van der Waals surface area contributed by atoms with E-state index in [9.17, 15) is 17.8 Å². The van der Waals surface area contributed by atoms with Crippen molar-refractivity contribution in [1.29, 1.82) is 0 Å². The molecule has 0 spiro atoms. The molecule has 18 heavy (non-hydrogen) atoms. The molecule has 0 aliphatic carbocycles. The maximum atomic E-state index is 12.4. The summed E-state index contributed by atoms with van der Waals surface area (Å²) in [4.78, 5) is 11.9. The maximum Gasteiger partial charge on any atom is 0.249 e. The Balaban J connectivity index is 2.62. The number of benzene rings is 1. The molecule has 0 aliphatic heterocycles. The lowest BCUT2D eigenvalue weighted by Gasteiger charge is -2.17. The van der Waals surface area contributed by atoms with Crippen LogP contribution in [0.1, 0.15) is 0 Å². The molecule has 0 heterocycles. The van der Waals surface area contributed by atoms with Crippen molar-refractivity contribution in [2.24, 2.45) is 11.7 Å². The van der Waals surface area contributed by atoms with Crippen LogP contribution in [0.4, 0.5) is 8.78 Å². The molecule has 0 radical (unpaired) electrons. The average molecular weight is 276 g/mol. The summed E-state index contributed by atoms with van der Waals surface area (Å²) in [6.07, 6.45) is 0. The summed E-state index contributed by atoms with van der Waals surface area (Å²) in [5.74, 6) is -2.05. The van der Waals surface area contributed by atoms with Gasteiger partial charge in [-0.2, -0.15) is 0 Å². The molecule has 1 rings (SSSR count). The van der Waals surface area contributed by atoms with Crippen molar-refractivity contribution in [2.45, 2.75) is 10.9 Å². The van der Waals surface area contributed by atoms with Crippen LogP contribution in [0.5, 0.6) is 0 Å². The molecule has 3 N–H and O–H groups in total. The van der Waals surface area contributed by atoms with E-state index >= 15 is 0 Å². The number of carbonyl (C=O) groups is 1. The van der Waals surface area contributed by atoms with E-state index in [0.29, 0.717) is 4.90 Å². The van der Waals surface area contributed by atoms with E-state index in [-0.39, 0.29) is 0 Å². The second-order valence-electron chi connectivity index (χ2n) is 3.64. The number of hydrogen-bond donors (Lipinski definition) is 2. The summed E-state index contributed by atoms with van der Waals surface area (Å²) < 4.78 is 38.5. The van der Waals surface area contributed by atoms with Gasteiger partial charge in [0, 0.05) is 5.92 Å². The number of carbonyl (C=O) groups excluding carboxylic acids is 1. The number of hydrogen-bond acceptors (Lipinski definition) is 3. The van der Waals surface area contributed by atoms with Gasteiger partial charge in [-0.25, -0.2) is 4.21 Å². The van der Waals surface area contributed by atoms with E-state index in [1.54, 1.807) is 30.3 Å². The van der Waals surface area contributed by atoms with Crippen LogP contribution >= 0.6 is 0 Å². The Labute approximate surface area is 106 Å². The summed E-state index contributed by atoms with van der Waals surface area (Å²) in [6.45, 7) is -2.08. The van der Waals surface area contributed by atoms with Crippen molar-refractivity contribution in [3.8, 4) is 0 Å². The number of nitrogens with one attached hydrogen (secondary N) is 1. The molecular weight excluding hydrogens is 262 g/mol. The van der Waals surface area contributed by atoms with E-state index in [1.807, 2.05) is 0 Å². The molecule has 1 amide bonds. The fraction of sp³-hybridized carbons (Fsp3) is 0.364. The standard InChI is InChI=1S/C11H14F2N2O2S/c12-6-8(7-13)10(14)11(16)15-18(17)9-4-2-1-3-5-9/h1-5,8,10H,6-7,14H2,(H,15,16). The first-order valence-electron chi connectivity index (χ1n) is 5.25. The monoisotopic (exact) mass is 276 g/mol.